The van der Waals surface area contributed by atoms with E-state index in [2.05, 4.69) is 10.2 Å². The molecule has 0 aliphatic carbocycles. The first-order valence-electron chi connectivity index (χ1n) is 8.21. The van der Waals surface area contributed by atoms with E-state index in [0.29, 0.717) is 5.76 Å². The van der Waals surface area contributed by atoms with E-state index in [1.54, 1.807) is 12.1 Å². The molecule has 0 saturated carbocycles. The number of aromatic nitrogens is 2. The topological polar surface area (TPSA) is 91.5 Å². The number of hydrogen-bond donors (Lipinski definition) is 0. The summed E-state index contributed by atoms with van der Waals surface area (Å²) in [6.45, 7) is -0.313. The van der Waals surface area contributed by atoms with Gasteiger partial charge in [-0.05, 0) is 36.4 Å². The lowest BCUT2D eigenvalue weighted by molar-refractivity contribution is -0.137. The van der Waals surface area contributed by atoms with Crippen LogP contribution in [-0.2, 0) is 17.5 Å². The largest absolute Gasteiger partial charge is 0.459 e. The molecule has 0 amide bonds. The van der Waals surface area contributed by atoms with E-state index in [9.17, 15) is 18.0 Å². The van der Waals surface area contributed by atoms with Gasteiger partial charge in [0.15, 0.2) is 12.4 Å². The zero-order valence-electron chi connectivity index (χ0n) is 14.5. The fraction of sp³-hybridized carbons (Fsp3) is 0.105. The summed E-state index contributed by atoms with van der Waals surface area (Å²) in [5, 5.41) is 7.50. The normalized spacial score (nSPS) is 11.6. The van der Waals surface area contributed by atoms with Crippen molar-refractivity contribution < 1.29 is 36.0 Å². The van der Waals surface area contributed by atoms with E-state index in [0.717, 1.165) is 12.1 Å². The standard InChI is InChI=1S/C19H11F3N2O5/c20-19(21,22)12-4-1-3-11(9-12)13-6-7-15(28-13)18(25)27-10-16-23-24-17(29-16)14-5-2-8-26-14/h1-9H,10H2. The number of rotatable bonds is 5. The Bertz CT molecular complexity index is 1130. The van der Waals surface area contributed by atoms with Gasteiger partial charge in [-0.1, -0.05) is 12.1 Å². The Hall–Kier alpha value is -3.82. The van der Waals surface area contributed by atoms with Gasteiger partial charge in [-0.25, -0.2) is 4.79 Å². The number of hydrogen-bond acceptors (Lipinski definition) is 7. The van der Waals surface area contributed by atoms with Gasteiger partial charge in [-0.15, -0.1) is 10.2 Å². The van der Waals surface area contributed by atoms with Crippen LogP contribution in [0.3, 0.4) is 0 Å². The van der Waals surface area contributed by atoms with Crippen molar-refractivity contribution in [2.24, 2.45) is 0 Å². The van der Waals surface area contributed by atoms with Crippen LogP contribution in [0, 0.1) is 0 Å². The maximum absolute atomic E-state index is 12.8. The number of nitrogens with zero attached hydrogens (tertiary/aromatic N) is 2. The van der Waals surface area contributed by atoms with Crippen molar-refractivity contribution in [3.63, 3.8) is 0 Å². The van der Waals surface area contributed by atoms with Gasteiger partial charge in [0.2, 0.25) is 5.76 Å². The zero-order valence-corrected chi connectivity index (χ0v) is 14.5. The maximum atomic E-state index is 12.8. The van der Waals surface area contributed by atoms with Crippen LogP contribution in [0.25, 0.3) is 23.0 Å². The molecule has 4 rings (SSSR count). The van der Waals surface area contributed by atoms with E-state index in [1.807, 2.05) is 0 Å². The summed E-state index contributed by atoms with van der Waals surface area (Å²) in [7, 11) is 0. The van der Waals surface area contributed by atoms with Crippen LogP contribution in [0.4, 0.5) is 13.2 Å². The van der Waals surface area contributed by atoms with Gasteiger partial charge >= 0.3 is 12.1 Å². The molecule has 0 unspecified atom stereocenters. The fourth-order valence-electron chi connectivity index (χ4n) is 2.46. The van der Waals surface area contributed by atoms with Gasteiger partial charge in [0.25, 0.3) is 11.8 Å². The molecule has 0 fully saturated rings. The monoisotopic (exact) mass is 404 g/mol. The molecule has 3 aromatic heterocycles. The predicted molar refractivity (Wildman–Crippen MR) is 90.3 cm³/mol. The first-order valence-corrected chi connectivity index (χ1v) is 8.21. The second kappa shape index (κ2) is 7.30. The Morgan fingerprint density at radius 1 is 1.00 bits per heavy atom. The van der Waals surface area contributed by atoms with E-state index in [-0.39, 0.29) is 35.5 Å². The maximum Gasteiger partial charge on any atom is 0.416 e. The summed E-state index contributed by atoms with van der Waals surface area (Å²) < 4.78 is 59.3. The highest BCUT2D eigenvalue weighted by Crippen LogP contribution is 2.32. The molecule has 7 nitrogen and oxygen atoms in total. The Labute approximate surface area is 160 Å². The summed E-state index contributed by atoms with van der Waals surface area (Å²) in [4.78, 5) is 12.1. The van der Waals surface area contributed by atoms with Crippen molar-refractivity contribution in [3.05, 3.63) is 72.0 Å². The third-order valence-electron chi connectivity index (χ3n) is 3.81. The SMILES string of the molecule is O=C(OCc1nnc(-c2ccco2)o1)c1ccc(-c2cccc(C(F)(F)F)c2)o1. The summed E-state index contributed by atoms with van der Waals surface area (Å²) in [6, 6.07) is 10.5. The lowest BCUT2D eigenvalue weighted by Crippen LogP contribution is -2.04. The number of benzene rings is 1. The summed E-state index contributed by atoms with van der Waals surface area (Å²) in [6.07, 6.45) is -3.04. The van der Waals surface area contributed by atoms with E-state index in [1.165, 1.54) is 30.5 Å². The molecule has 0 radical (unpaired) electrons. The fourth-order valence-corrected chi connectivity index (χ4v) is 2.46. The third-order valence-corrected chi connectivity index (χ3v) is 3.81. The van der Waals surface area contributed by atoms with Crippen LogP contribution < -0.4 is 0 Å². The first-order chi connectivity index (χ1) is 13.9. The molecule has 0 bridgehead atoms. The van der Waals surface area contributed by atoms with Gasteiger partial charge in [0.1, 0.15) is 5.76 Å². The van der Waals surface area contributed by atoms with Crippen molar-refractivity contribution in [1.29, 1.82) is 0 Å². The van der Waals surface area contributed by atoms with Crippen molar-refractivity contribution >= 4 is 5.97 Å². The van der Waals surface area contributed by atoms with Crippen molar-refractivity contribution in [3.8, 4) is 23.0 Å². The molecule has 0 aliphatic rings. The van der Waals surface area contributed by atoms with Crippen molar-refractivity contribution in [2.75, 3.05) is 0 Å². The summed E-state index contributed by atoms with van der Waals surface area (Å²) in [5.41, 5.74) is -0.641. The molecule has 4 aromatic rings. The quantitative estimate of drug-likeness (QED) is 0.434. The van der Waals surface area contributed by atoms with E-state index < -0.39 is 17.7 Å². The van der Waals surface area contributed by atoms with Crippen LogP contribution in [-0.4, -0.2) is 16.2 Å². The molecule has 0 aliphatic heterocycles. The smallest absolute Gasteiger partial charge is 0.416 e. The van der Waals surface area contributed by atoms with Crippen LogP contribution in [0.5, 0.6) is 0 Å². The van der Waals surface area contributed by atoms with Gasteiger partial charge in [-0.2, -0.15) is 13.2 Å². The predicted octanol–water partition coefficient (Wildman–Crippen LogP) is 4.97. The van der Waals surface area contributed by atoms with Gasteiger partial charge in [0.05, 0.1) is 11.8 Å². The molecular formula is C19H11F3N2O5. The summed E-state index contributed by atoms with van der Waals surface area (Å²) >= 11 is 0. The van der Waals surface area contributed by atoms with Crippen molar-refractivity contribution in [1.82, 2.24) is 10.2 Å². The lowest BCUT2D eigenvalue weighted by Gasteiger charge is -2.07. The van der Waals surface area contributed by atoms with E-state index in [4.69, 9.17) is 18.0 Å². The van der Waals surface area contributed by atoms with Crippen LogP contribution in [0.1, 0.15) is 22.0 Å². The lowest BCUT2D eigenvalue weighted by atomic mass is 10.1. The second-order valence-corrected chi connectivity index (χ2v) is 5.80. The number of esters is 1. The highest BCUT2D eigenvalue weighted by atomic mass is 19.4. The minimum Gasteiger partial charge on any atom is -0.459 e. The van der Waals surface area contributed by atoms with Crippen LogP contribution in [0.2, 0.25) is 0 Å². The Balaban J connectivity index is 1.43. The molecule has 0 N–H and O–H groups in total. The minimum atomic E-state index is -4.48. The molecule has 0 saturated heterocycles. The molecule has 1 aromatic carbocycles. The number of carbonyl (C=O) groups excluding carboxylic acids is 1. The summed E-state index contributed by atoms with van der Waals surface area (Å²) in [5.74, 6) is -0.378. The molecule has 3 heterocycles. The highest BCUT2D eigenvalue weighted by molar-refractivity contribution is 5.87. The molecule has 29 heavy (non-hydrogen) atoms. The minimum absolute atomic E-state index is 0.0365. The third kappa shape index (κ3) is 4.05. The van der Waals surface area contributed by atoms with Gasteiger partial charge in [-0.3, -0.25) is 0 Å². The molecule has 0 atom stereocenters. The van der Waals surface area contributed by atoms with Crippen molar-refractivity contribution in [2.45, 2.75) is 12.8 Å². The van der Waals surface area contributed by atoms with Crippen LogP contribution >= 0.6 is 0 Å². The van der Waals surface area contributed by atoms with Gasteiger partial charge < -0.3 is 18.0 Å². The molecule has 148 valence electrons. The Kier molecular flexibility index (Phi) is 4.67. The molecule has 0 spiro atoms. The average Bonchev–Trinajstić information content (AvgIpc) is 3.47. The Morgan fingerprint density at radius 2 is 1.86 bits per heavy atom. The number of halogens is 3. The zero-order chi connectivity index (χ0) is 20.4. The average molecular weight is 404 g/mol. The molecule has 10 heteroatoms. The van der Waals surface area contributed by atoms with E-state index >= 15 is 0 Å². The second-order valence-electron chi connectivity index (χ2n) is 5.80. The number of carbonyl (C=O) groups is 1. The Morgan fingerprint density at radius 3 is 2.62 bits per heavy atom. The number of furan rings is 2. The number of ether oxygens (including phenoxy) is 1. The molecular weight excluding hydrogens is 393 g/mol. The van der Waals surface area contributed by atoms with Gasteiger partial charge in [0, 0.05) is 5.56 Å². The highest BCUT2D eigenvalue weighted by Gasteiger charge is 2.30. The first kappa shape index (κ1) is 18.5. The van der Waals surface area contributed by atoms with Crippen LogP contribution in [0.15, 0.2) is 68.0 Å². The number of alkyl halides is 3.